The first-order chi connectivity index (χ1) is 14.0. The summed E-state index contributed by atoms with van der Waals surface area (Å²) in [4.78, 5) is 13.1. The molecular weight excluding hydrogens is 368 g/mol. The molecule has 0 unspecified atom stereocenters. The van der Waals surface area contributed by atoms with Crippen LogP contribution in [-0.2, 0) is 6.61 Å². The van der Waals surface area contributed by atoms with Crippen LogP contribution < -0.4 is 14.8 Å². The second-order valence-electron chi connectivity index (χ2n) is 7.24. The van der Waals surface area contributed by atoms with E-state index < -0.39 is 0 Å². The molecule has 150 valence electrons. The predicted octanol–water partition coefficient (Wildman–Crippen LogP) is 4.43. The number of hydrogen-bond donors (Lipinski definition) is 1. The van der Waals surface area contributed by atoms with Gasteiger partial charge >= 0.3 is 0 Å². The average molecular weight is 392 g/mol. The summed E-state index contributed by atoms with van der Waals surface area (Å²) < 4.78 is 16.9. The van der Waals surface area contributed by atoms with E-state index in [9.17, 15) is 4.79 Å². The number of para-hydroxylation sites is 2. The molecule has 6 heteroatoms. The molecule has 29 heavy (non-hydrogen) atoms. The zero-order valence-electron chi connectivity index (χ0n) is 16.8. The zero-order valence-corrected chi connectivity index (χ0v) is 16.8. The summed E-state index contributed by atoms with van der Waals surface area (Å²) in [6, 6.07) is 13.2. The normalized spacial score (nSPS) is 15.3. The van der Waals surface area contributed by atoms with Crippen LogP contribution in [0.15, 0.2) is 47.0 Å². The number of aryl methyl sites for hydroxylation is 3. The van der Waals surface area contributed by atoms with Crippen molar-refractivity contribution in [2.24, 2.45) is 0 Å². The Bertz CT molecular complexity index is 1020. The SMILES string of the molecule is Cc1cccc2c1OCC[C@H]2NC(=O)c1ccccc1OCc1c(C)noc1C. The van der Waals surface area contributed by atoms with Gasteiger partial charge in [-0.2, -0.15) is 0 Å². The molecule has 0 aliphatic carbocycles. The Hall–Kier alpha value is -3.28. The van der Waals surface area contributed by atoms with E-state index in [2.05, 4.69) is 10.5 Å². The number of benzene rings is 2. The third kappa shape index (κ3) is 3.83. The van der Waals surface area contributed by atoms with Crippen molar-refractivity contribution < 1.29 is 18.8 Å². The number of hydrogen-bond acceptors (Lipinski definition) is 5. The predicted molar refractivity (Wildman–Crippen MR) is 108 cm³/mol. The topological polar surface area (TPSA) is 73.6 Å². The van der Waals surface area contributed by atoms with Gasteiger partial charge in [-0.05, 0) is 38.5 Å². The van der Waals surface area contributed by atoms with Gasteiger partial charge in [-0.3, -0.25) is 4.79 Å². The number of ether oxygens (including phenoxy) is 2. The molecule has 0 fully saturated rings. The quantitative estimate of drug-likeness (QED) is 0.695. The molecule has 6 nitrogen and oxygen atoms in total. The standard InChI is InChI=1S/C23H24N2O4/c1-14-7-6-9-17-20(11-12-27-22(14)17)24-23(26)18-8-4-5-10-21(18)28-13-19-15(2)25-29-16(19)3/h4-10,20H,11-13H2,1-3H3,(H,24,26)/t20-/m1/s1. The number of rotatable bonds is 5. The Morgan fingerprint density at radius 2 is 2.00 bits per heavy atom. The Balaban J connectivity index is 1.53. The molecule has 1 atom stereocenters. The highest BCUT2D eigenvalue weighted by Gasteiger charge is 2.25. The van der Waals surface area contributed by atoms with Gasteiger partial charge in [0, 0.05) is 12.0 Å². The summed E-state index contributed by atoms with van der Waals surface area (Å²) in [5, 5.41) is 7.09. The lowest BCUT2D eigenvalue weighted by Gasteiger charge is -2.28. The molecule has 1 aliphatic heterocycles. The van der Waals surface area contributed by atoms with E-state index in [1.807, 2.05) is 51.1 Å². The molecule has 3 aromatic rings. The van der Waals surface area contributed by atoms with Crippen molar-refractivity contribution in [1.82, 2.24) is 10.5 Å². The smallest absolute Gasteiger partial charge is 0.255 e. The van der Waals surface area contributed by atoms with E-state index in [-0.39, 0.29) is 11.9 Å². The Morgan fingerprint density at radius 1 is 1.17 bits per heavy atom. The molecule has 1 aliphatic rings. The molecule has 4 rings (SSSR count). The lowest BCUT2D eigenvalue weighted by molar-refractivity contribution is 0.0920. The summed E-state index contributed by atoms with van der Waals surface area (Å²) in [6.07, 6.45) is 0.726. The number of aromatic nitrogens is 1. The Labute approximate surface area is 169 Å². The van der Waals surface area contributed by atoms with Crippen molar-refractivity contribution in [1.29, 1.82) is 0 Å². The van der Waals surface area contributed by atoms with Crippen LogP contribution in [0.4, 0.5) is 0 Å². The summed E-state index contributed by atoms with van der Waals surface area (Å²) in [6.45, 7) is 6.61. The van der Waals surface area contributed by atoms with E-state index in [0.29, 0.717) is 24.5 Å². The fraction of sp³-hybridized carbons (Fsp3) is 0.304. The highest BCUT2D eigenvalue weighted by atomic mass is 16.5. The number of nitrogens with one attached hydrogen (secondary N) is 1. The molecule has 0 spiro atoms. The van der Waals surface area contributed by atoms with Crippen LogP contribution in [0.5, 0.6) is 11.5 Å². The van der Waals surface area contributed by atoms with Gasteiger partial charge in [-0.1, -0.05) is 35.5 Å². The molecule has 1 amide bonds. The highest BCUT2D eigenvalue weighted by molar-refractivity contribution is 5.97. The average Bonchev–Trinajstić information content (AvgIpc) is 3.05. The van der Waals surface area contributed by atoms with Crippen LogP contribution in [0.2, 0.25) is 0 Å². The van der Waals surface area contributed by atoms with Gasteiger partial charge < -0.3 is 19.3 Å². The van der Waals surface area contributed by atoms with Gasteiger partial charge in [0.15, 0.2) is 0 Å². The first-order valence-electron chi connectivity index (χ1n) is 9.71. The number of fused-ring (bicyclic) bond motifs is 1. The third-order valence-electron chi connectivity index (χ3n) is 5.26. The lowest BCUT2D eigenvalue weighted by atomic mass is 9.97. The minimum atomic E-state index is -0.168. The van der Waals surface area contributed by atoms with Crippen molar-refractivity contribution in [3.63, 3.8) is 0 Å². The van der Waals surface area contributed by atoms with Crippen LogP contribution in [0.1, 0.15) is 51.0 Å². The van der Waals surface area contributed by atoms with Crippen molar-refractivity contribution in [3.05, 3.63) is 76.2 Å². The van der Waals surface area contributed by atoms with Crippen LogP contribution in [0.25, 0.3) is 0 Å². The van der Waals surface area contributed by atoms with Crippen molar-refractivity contribution in [3.8, 4) is 11.5 Å². The summed E-state index contributed by atoms with van der Waals surface area (Å²) in [5.41, 5.74) is 4.27. The lowest BCUT2D eigenvalue weighted by Crippen LogP contribution is -2.32. The van der Waals surface area contributed by atoms with Crippen LogP contribution in [-0.4, -0.2) is 17.7 Å². The van der Waals surface area contributed by atoms with Gasteiger partial charge in [0.05, 0.1) is 29.5 Å². The maximum absolute atomic E-state index is 13.1. The molecule has 0 bridgehead atoms. The van der Waals surface area contributed by atoms with Gasteiger partial charge in [-0.25, -0.2) is 0 Å². The molecule has 0 saturated heterocycles. The van der Waals surface area contributed by atoms with E-state index in [4.69, 9.17) is 14.0 Å². The Morgan fingerprint density at radius 3 is 2.79 bits per heavy atom. The molecule has 2 aromatic carbocycles. The van der Waals surface area contributed by atoms with E-state index in [1.165, 1.54) is 0 Å². The van der Waals surface area contributed by atoms with E-state index in [0.717, 1.165) is 40.3 Å². The minimum Gasteiger partial charge on any atom is -0.493 e. The van der Waals surface area contributed by atoms with Gasteiger partial charge in [0.1, 0.15) is 23.9 Å². The van der Waals surface area contributed by atoms with E-state index >= 15 is 0 Å². The monoisotopic (exact) mass is 392 g/mol. The number of amides is 1. The summed E-state index contributed by atoms with van der Waals surface area (Å²) in [5.74, 6) is 1.95. The number of carbonyl (C=O) groups is 1. The molecule has 1 N–H and O–H groups in total. The van der Waals surface area contributed by atoms with Crippen LogP contribution in [0, 0.1) is 20.8 Å². The molecule has 2 heterocycles. The fourth-order valence-electron chi connectivity index (χ4n) is 3.60. The van der Waals surface area contributed by atoms with Crippen molar-refractivity contribution >= 4 is 5.91 Å². The van der Waals surface area contributed by atoms with Crippen molar-refractivity contribution in [2.45, 2.75) is 39.8 Å². The van der Waals surface area contributed by atoms with Gasteiger partial charge in [-0.15, -0.1) is 0 Å². The molecule has 0 radical (unpaired) electrons. The van der Waals surface area contributed by atoms with Crippen LogP contribution in [0.3, 0.4) is 0 Å². The highest BCUT2D eigenvalue weighted by Crippen LogP contribution is 2.35. The molecule has 0 saturated carbocycles. The Kier molecular flexibility index (Phi) is 5.25. The minimum absolute atomic E-state index is 0.0956. The summed E-state index contributed by atoms with van der Waals surface area (Å²) >= 11 is 0. The van der Waals surface area contributed by atoms with E-state index in [1.54, 1.807) is 12.1 Å². The van der Waals surface area contributed by atoms with Gasteiger partial charge in [0.2, 0.25) is 0 Å². The van der Waals surface area contributed by atoms with Crippen LogP contribution >= 0.6 is 0 Å². The third-order valence-corrected chi connectivity index (χ3v) is 5.26. The largest absolute Gasteiger partial charge is 0.493 e. The second-order valence-corrected chi connectivity index (χ2v) is 7.24. The van der Waals surface area contributed by atoms with Crippen molar-refractivity contribution in [2.75, 3.05) is 6.61 Å². The maximum atomic E-state index is 13.1. The zero-order chi connectivity index (χ0) is 20.4. The first kappa shape index (κ1) is 19.1. The molecule has 1 aromatic heterocycles. The molecular formula is C23H24N2O4. The summed E-state index contributed by atoms with van der Waals surface area (Å²) in [7, 11) is 0. The van der Waals surface area contributed by atoms with Gasteiger partial charge in [0.25, 0.3) is 5.91 Å². The fourth-order valence-corrected chi connectivity index (χ4v) is 3.60. The first-order valence-corrected chi connectivity index (χ1v) is 9.71. The maximum Gasteiger partial charge on any atom is 0.255 e. The number of nitrogens with zero attached hydrogens (tertiary/aromatic N) is 1. The second kappa shape index (κ2) is 7.99. The number of carbonyl (C=O) groups excluding carboxylic acids is 1.